The normalized spacial score (nSPS) is 19.7. The minimum absolute atomic E-state index is 0.00392. The van der Waals surface area contributed by atoms with Gasteiger partial charge >= 0.3 is 5.97 Å². The molecule has 0 unspecified atom stereocenters. The number of carboxylic acids is 1. The maximum absolute atomic E-state index is 12.6. The highest BCUT2D eigenvalue weighted by atomic mass is 79.9. The molecule has 2 rings (SSSR count). The minimum atomic E-state index is -4.00. The summed E-state index contributed by atoms with van der Waals surface area (Å²) < 4.78 is 26.6. The highest BCUT2D eigenvalue weighted by molar-refractivity contribution is 9.10. The predicted molar refractivity (Wildman–Crippen MR) is 73.4 cm³/mol. The number of carbonyl (C=O) groups is 1. The van der Waals surface area contributed by atoms with Gasteiger partial charge in [-0.15, -0.1) is 0 Å². The minimum Gasteiger partial charge on any atom is -0.480 e. The van der Waals surface area contributed by atoms with Gasteiger partial charge in [0.25, 0.3) is 0 Å². The first-order valence-corrected chi connectivity index (χ1v) is 8.05. The van der Waals surface area contributed by atoms with Gasteiger partial charge in [0, 0.05) is 11.0 Å². The number of hydrogen-bond donors (Lipinski definition) is 1. The van der Waals surface area contributed by atoms with Gasteiger partial charge in [-0.05, 0) is 31.0 Å². The first kappa shape index (κ1) is 15.0. The number of nitriles is 1. The lowest BCUT2D eigenvalue weighted by Crippen LogP contribution is -2.40. The Morgan fingerprint density at radius 3 is 2.80 bits per heavy atom. The van der Waals surface area contributed by atoms with Crippen molar-refractivity contribution in [2.75, 3.05) is 6.54 Å². The highest BCUT2D eigenvalue weighted by Crippen LogP contribution is 2.29. The molecule has 1 aromatic rings. The molecule has 20 heavy (non-hydrogen) atoms. The zero-order valence-corrected chi connectivity index (χ0v) is 12.7. The van der Waals surface area contributed by atoms with Crippen molar-refractivity contribution < 1.29 is 18.3 Å². The smallest absolute Gasteiger partial charge is 0.322 e. The predicted octanol–water partition coefficient (Wildman–Crippen LogP) is 1.56. The van der Waals surface area contributed by atoms with Crippen LogP contribution in [0.4, 0.5) is 0 Å². The summed E-state index contributed by atoms with van der Waals surface area (Å²) in [5.41, 5.74) is 0.00392. The monoisotopic (exact) mass is 358 g/mol. The van der Waals surface area contributed by atoms with Gasteiger partial charge in [0.15, 0.2) is 0 Å². The van der Waals surface area contributed by atoms with Crippen LogP contribution in [0, 0.1) is 11.3 Å². The number of halogens is 1. The molecule has 1 atom stereocenters. The molecule has 8 heteroatoms. The van der Waals surface area contributed by atoms with Gasteiger partial charge in [0.05, 0.1) is 5.56 Å². The van der Waals surface area contributed by atoms with Gasteiger partial charge in [-0.25, -0.2) is 8.42 Å². The van der Waals surface area contributed by atoms with Crippen LogP contribution >= 0.6 is 15.9 Å². The van der Waals surface area contributed by atoms with Gasteiger partial charge in [-0.1, -0.05) is 15.9 Å². The molecule has 0 spiro atoms. The Bertz CT molecular complexity index is 696. The summed E-state index contributed by atoms with van der Waals surface area (Å²) in [5, 5.41) is 18.1. The molecule has 1 aliphatic heterocycles. The van der Waals surface area contributed by atoms with Gasteiger partial charge in [0.2, 0.25) is 10.0 Å². The van der Waals surface area contributed by atoms with E-state index in [0.29, 0.717) is 10.9 Å². The van der Waals surface area contributed by atoms with E-state index in [0.717, 1.165) is 4.31 Å². The number of nitrogens with zero attached hydrogens (tertiary/aromatic N) is 2. The van der Waals surface area contributed by atoms with Crippen molar-refractivity contribution in [1.82, 2.24) is 4.31 Å². The van der Waals surface area contributed by atoms with Crippen LogP contribution < -0.4 is 0 Å². The molecule has 0 bridgehead atoms. The number of carboxylic acid groups (broad SMARTS) is 1. The summed E-state index contributed by atoms with van der Waals surface area (Å²) in [6.45, 7) is 0.149. The summed E-state index contributed by atoms with van der Waals surface area (Å²) in [5.74, 6) is -1.17. The van der Waals surface area contributed by atoms with Gasteiger partial charge in [-0.2, -0.15) is 9.57 Å². The van der Waals surface area contributed by atoms with E-state index in [4.69, 9.17) is 10.4 Å². The number of hydrogen-bond acceptors (Lipinski definition) is 4. The number of rotatable bonds is 3. The van der Waals surface area contributed by atoms with E-state index < -0.39 is 22.0 Å². The fourth-order valence-electron chi connectivity index (χ4n) is 2.20. The van der Waals surface area contributed by atoms with Crippen molar-refractivity contribution in [3.05, 3.63) is 28.2 Å². The SMILES string of the molecule is N#Cc1ccc(Br)cc1S(=O)(=O)N1CCC[C@H]1C(=O)O. The second kappa shape index (κ2) is 5.52. The summed E-state index contributed by atoms with van der Waals surface area (Å²) >= 11 is 3.16. The third-order valence-corrected chi connectivity index (χ3v) is 5.58. The Kier molecular flexibility index (Phi) is 4.13. The lowest BCUT2D eigenvalue weighted by molar-refractivity contribution is -0.140. The second-order valence-corrected chi connectivity index (χ2v) is 7.14. The first-order chi connectivity index (χ1) is 9.37. The van der Waals surface area contributed by atoms with Crippen molar-refractivity contribution in [3.8, 4) is 6.07 Å². The fourth-order valence-corrected chi connectivity index (χ4v) is 4.54. The number of sulfonamides is 1. The molecule has 0 saturated carbocycles. The molecular weight excluding hydrogens is 348 g/mol. The van der Waals surface area contributed by atoms with E-state index in [1.54, 1.807) is 6.07 Å². The molecule has 1 aliphatic rings. The Morgan fingerprint density at radius 2 is 2.20 bits per heavy atom. The average Bonchev–Trinajstić information content (AvgIpc) is 2.88. The van der Waals surface area contributed by atoms with Crippen molar-refractivity contribution >= 4 is 31.9 Å². The zero-order valence-electron chi connectivity index (χ0n) is 10.3. The van der Waals surface area contributed by atoms with Crippen LogP contribution in [0.2, 0.25) is 0 Å². The number of benzene rings is 1. The summed E-state index contributed by atoms with van der Waals surface area (Å²) in [4.78, 5) is 11.0. The van der Waals surface area contributed by atoms with Crippen molar-refractivity contribution in [2.45, 2.75) is 23.8 Å². The van der Waals surface area contributed by atoms with E-state index >= 15 is 0 Å². The maximum Gasteiger partial charge on any atom is 0.322 e. The van der Waals surface area contributed by atoms with Crippen molar-refractivity contribution in [3.63, 3.8) is 0 Å². The molecule has 1 saturated heterocycles. The van der Waals surface area contributed by atoms with Crippen LogP contribution in [0.25, 0.3) is 0 Å². The van der Waals surface area contributed by atoms with Crippen molar-refractivity contribution in [1.29, 1.82) is 5.26 Å². The second-order valence-electron chi connectivity index (χ2n) is 4.36. The molecule has 1 aromatic carbocycles. The third kappa shape index (κ3) is 2.57. The molecule has 0 amide bonds. The average molecular weight is 359 g/mol. The molecule has 0 radical (unpaired) electrons. The quantitative estimate of drug-likeness (QED) is 0.883. The Labute approximate surface area is 124 Å². The zero-order chi connectivity index (χ0) is 14.9. The summed E-state index contributed by atoms with van der Waals surface area (Å²) in [6, 6.07) is 5.04. The van der Waals surface area contributed by atoms with E-state index in [9.17, 15) is 13.2 Å². The molecular formula is C12H11BrN2O4S. The molecule has 106 valence electrons. The molecule has 0 aliphatic carbocycles. The lowest BCUT2D eigenvalue weighted by Gasteiger charge is -2.21. The third-order valence-electron chi connectivity index (χ3n) is 3.14. The highest BCUT2D eigenvalue weighted by Gasteiger charge is 2.40. The summed E-state index contributed by atoms with van der Waals surface area (Å²) in [6.07, 6.45) is 0.774. The first-order valence-electron chi connectivity index (χ1n) is 5.82. The van der Waals surface area contributed by atoms with Crippen LogP contribution in [0.15, 0.2) is 27.6 Å². The Morgan fingerprint density at radius 1 is 1.50 bits per heavy atom. The standard InChI is InChI=1S/C12H11BrN2O4S/c13-9-4-3-8(7-14)11(6-9)20(18,19)15-5-1-2-10(15)12(16)17/h3-4,6,10H,1-2,5H2,(H,16,17)/t10-/m0/s1. The van der Waals surface area contributed by atoms with Crippen LogP contribution in [0.1, 0.15) is 18.4 Å². The fraction of sp³-hybridized carbons (Fsp3) is 0.333. The van der Waals surface area contributed by atoms with E-state index in [1.165, 1.54) is 12.1 Å². The van der Waals surface area contributed by atoms with Crippen LogP contribution in [-0.2, 0) is 14.8 Å². The lowest BCUT2D eigenvalue weighted by atomic mass is 10.2. The van der Waals surface area contributed by atoms with E-state index in [1.807, 2.05) is 6.07 Å². The molecule has 1 fully saturated rings. The molecule has 1 N–H and O–H groups in total. The van der Waals surface area contributed by atoms with Gasteiger partial charge < -0.3 is 5.11 Å². The molecule has 6 nitrogen and oxygen atoms in total. The van der Waals surface area contributed by atoms with Crippen LogP contribution in [0.5, 0.6) is 0 Å². The van der Waals surface area contributed by atoms with E-state index in [-0.39, 0.29) is 23.4 Å². The van der Waals surface area contributed by atoms with Crippen molar-refractivity contribution in [2.24, 2.45) is 0 Å². The van der Waals surface area contributed by atoms with Crippen LogP contribution in [0.3, 0.4) is 0 Å². The largest absolute Gasteiger partial charge is 0.480 e. The van der Waals surface area contributed by atoms with Gasteiger partial charge in [0.1, 0.15) is 17.0 Å². The van der Waals surface area contributed by atoms with Crippen LogP contribution in [-0.4, -0.2) is 36.4 Å². The molecule has 1 heterocycles. The Balaban J connectivity index is 2.54. The van der Waals surface area contributed by atoms with Gasteiger partial charge in [-0.3, -0.25) is 4.79 Å². The number of aliphatic carboxylic acids is 1. The van der Waals surface area contributed by atoms with E-state index in [2.05, 4.69) is 15.9 Å². The Hall–Kier alpha value is -1.43. The summed E-state index contributed by atoms with van der Waals surface area (Å²) in [7, 11) is -4.00. The maximum atomic E-state index is 12.6. The molecule has 0 aromatic heterocycles. The topological polar surface area (TPSA) is 98.5 Å².